The predicted molar refractivity (Wildman–Crippen MR) is 87.1 cm³/mol. The van der Waals surface area contributed by atoms with Crippen LogP contribution in [-0.2, 0) is 13.1 Å². The third-order valence-electron chi connectivity index (χ3n) is 3.59. The molecule has 0 fully saturated rings. The monoisotopic (exact) mass is 283 g/mol. The summed E-state index contributed by atoms with van der Waals surface area (Å²) in [5.41, 5.74) is 2.91. The first-order valence-electron chi connectivity index (χ1n) is 7.29. The molecule has 0 heterocycles. The minimum atomic E-state index is -1.41. The largest absolute Gasteiger partial charge is 0.488 e. The molecule has 0 unspecified atom stereocenters. The van der Waals surface area contributed by atoms with Gasteiger partial charge >= 0.3 is 7.12 Å². The van der Waals surface area contributed by atoms with Gasteiger partial charge in [-0.05, 0) is 30.4 Å². The molecule has 0 aliphatic carbocycles. The van der Waals surface area contributed by atoms with Crippen molar-refractivity contribution in [2.45, 2.75) is 33.0 Å². The molecule has 2 N–H and O–H groups in total. The summed E-state index contributed by atoms with van der Waals surface area (Å²) in [6, 6.07) is 18.3. The second-order valence-electron chi connectivity index (χ2n) is 5.60. The molecule has 0 spiro atoms. The molecule has 0 aliphatic heterocycles. The van der Waals surface area contributed by atoms with Gasteiger partial charge in [-0.3, -0.25) is 4.90 Å². The van der Waals surface area contributed by atoms with Crippen LogP contribution in [0.3, 0.4) is 0 Å². The fraction of sp³-hybridized carbons (Fsp3) is 0.294. The number of rotatable bonds is 6. The molecule has 0 radical (unpaired) electrons. The van der Waals surface area contributed by atoms with Gasteiger partial charge in [0.25, 0.3) is 0 Å². The van der Waals surface area contributed by atoms with E-state index in [-0.39, 0.29) is 0 Å². The second kappa shape index (κ2) is 7.41. The van der Waals surface area contributed by atoms with Gasteiger partial charge in [0.2, 0.25) is 0 Å². The Balaban J connectivity index is 2.11. The van der Waals surface area contributed by atoms with Gasteiger partial charge in [-0.2, -0.15) is 0 Å². The van der Waals surface area contributed by atoms with E-state index in [1.807, 2.05) is 24.3 Å². The molecule has 2 aromatic carbocycles. The van der Waals surface area contributed by atoms with Crippen LogP contribution in [-0.4, -0.2) is 28.1 Å². The third kappa shape index (κ3) is 4.71. The van der Waals surface area contributed by atoms with Crippen molar-refractivity contribution in [1.29, 1.82) is 0 Å². The van der Waals surface area contributed by atoms with E-state index in [0.29, 0.717) is 11.5 Å². The van der Waals surface area contributed by atoms with Gasteiger partial charge in [0.05, 0.1) is 0 Å². The zero-order valence-corrected chi connectivity index (χ0v) is 12.6. The molecule has 2 aromatic rings. The Morgan fingerprint density at radius 3 is 2.14 bits per heavy atom. The second-order valence-corrected chi connectivity index (χ2v) is 5.60. The summed E-state index contributed by atoms with van der Waals surface area (Å²) in [7, 11) is -1.41. The standard InChI is InChI=1S/C17H22BNO2/c1-14(2)19(12-15-7-4-3-5-8-15)13-16-9-6-10-17(11-16)18(20)21/h3-11,14,20-21H,12-13H2,1-2H3. The first-order chi connectivity index (χ1) is 10.1. The summed E-state index contributed by atoms with van der Waals surface area (Å²) in [5, 5.41) is 18.5. The summed E-state index contributed by atoms with van der Waals surface area (Å²) in [6.45, 7) is 6.01. The molecule has 21 heavy (non-hydrogen) atoms. The molecule has 0 bridgehead atoms. The van der Waals surface area contributed by atoms with E-state index < -0.39 is 7.12 Å². The van der Waals surface area contributed by atoms with Crippen molar-refractivity contribution < 1.29 is 10.0 Å². The Bertz CT molecular complexity index is 558. The summed E-state index contributed by atoms with van der Waals surface area (Å²) in [5.74, 6) is 0. The Kier molecular flexibility index (Phi) is 5.56. The molecule has 2 rings (SSSR count). The van der Waals surface area contributed by atoms with Crippen LogP contribution < -0.4 is 5.46 Å². The average Bonchev–Trinajstić information content (AvgIpc) is 2.48. The van der Waals surface area contributed by atoms with Gasteiger partial charge in [0.1, 0.15) is 0 Å². The maximum absolute atomic E-state index is 9.27. The Morgan fingerprint density at radius 1 is 0.905 bits per heavy atom. The Labute approximate surface area is 127 Å². The van der Waals surface area contributed by atoms with Crippen molar-refractivity contribution >= 4 is 12.6 Å². The lowest BCUT2D eigenvalue weighted by molar-refractivity contribution is 0.203. The van der Waals surface area contributed by atoms with Gasteiger partial charge in [-0.1, -0.05) is 54.6 Å². The van der Waals surface area contributed by atoms with Gasteiger partial charge < -0.3 is 10.0 Å². The molecular formula is C17H22BNO2. The number of nitrogens with zero attached hydrogens (tertiary/aromatic N) is 1. The maximum atomic E-state index is 9.27. The minimum Gasteiger partial charge on any atom is -0.423 e. The van der Waals surface area contributed by atoms with Crippen LogP contribution in [0.15, 0.2) is 54.6 Å². The van der Waals surface area contributed by atoms with E-state index in [2.05, 4.69) is 43.0 Å². The zero-order chi connectivity index (χ0) is 15.2. The Morgan fingerprint density at radius 2 is 1.52 bits per heavy atom. The molecule has 0 aromatic heterocycles. The minimum absolute atomic E-state index is 0.410. The lowest BCUT2D eigenvalue weighted by Gasteiger charge is -2.27. The highest BCUT2D eigenvalue weighted by Gasteiger charge is 2.14. The van der Waals surface area contributed by atoms with Crippen LogP contribution in [0.1, 0.15) is 25.0 Å². The quantitative estimate of drug-likeness (QED) is 0.794. The van der Waals surface area contributed by atoms with Crippen LogP contribution in [0.4, 0.5) is 0 Å². The van der Waals surface area contributed by atoms with E-state index in [1.165, 1.54) is 5.56 Å². The van der Waals surface area contributed by atoms with Crippen LogP contribution in [0, 0.1) is 0 Å². The van der Waals surface area contributed by atoms with Gasteiger partial charge in [0, 0.05) is 19.1 Å². The van der Waals surface area contributed by atoms with E-state index in [0.717, 1.165) is 18.7 Å². The van der Waals surface area contributed by atoms with Crippen molar-refractivity contribution in [2.24, 2.45) is 0 Å². The fourth-order valence-corrected chi connectivity index (χ4v) is 2.33. The van der Waals surface area contributed by atoms with Crippen LogP contribution >= 0.6 is 0 Å². The first kappa shape index (κ1) is 15.8. The topological polar surface area (TPSA) is 43.7 Å². The SMILES string of the molecule is CC(C)N(Cc1ccccc1)Cc1cccc(B(O)O)c1. The average molecular weight is 283 g/mol. The highest BCUT2D eigenvalue weighted by molar-refractivity contribution is 6.58. The van der Waals surface area contributed by atoms with E-state index in [9.17, 15) is 10.0 Å². The number of hydrogen-bond acceptors (Lipinski definition) is 3. The molecule has 110 valence electrons. The van der Waals surface area contributed by atoms with Crippen molar-refractivity contribution in [3.8, 4) is 0 Å². The molecule has 0 saturated heterocycles. The van der Waals surface area contributed by atoms with Gasteiger partial charge in [0.15, 0.2) is 0 Å². The van der Waals surface area contributed by atoms with Crippen molar-refractivity contribution in [3.05, 3.63) is 65.7 Å². The first-order valence-corrected chi connectivity index (χ1v) is 7.29. The maximum Gasteiger partial charge on any atom is 0.488 e. The lowest BCUT2D eigenvalue weighted by Crippen LogP contribution is -2.32. The highest BCUT2D eigenvalue weighted by Crippen LogP contribution is 2.12. The normalized spacial score (nSPS) is 11.1. The van der Waals surface area contributed by atoms with Gasteiger partial charge in [-0.15, -0.1) is 0 Å². The molecular weight excluding hydrogens is 261 g/mol. The molecule has 4 heteroatoms. The van der Waals surface area contributed by atoms with Crippen molar-refractivity contribution in [1.82, 2.24) is 4.90 Å². The van der Waals surface area contributed by atoms with E-state index >= 15 is 0 Å². The van der Waals surface area contributed by atoms with Gasteiger partial charge in [-0.25, -0.2) is 0 Å². The summed E-state index contributed by atoms with van der Waals surface area (Å²) in [6.07, 6.45) is 0. The van der Waals surface area contributed by atoms with Crippen LogP contribution in [0.25, 0.3) is 0 Å². The molecule has 0 amide bonds. The summed E-state index contributed by atoms with van der Waals surface area (Å²) in [4.78, 5) is 2.36. The molecule has 0 saturated carbocycles. The Hall–Kier alpha value is -1.62. The summed E-state index contributed by atoms with van der Waals surface area (Å²) >= 11 is 0. The van der Waals surface area contributed by atoms with Crippen molar-refractivity contribution in [3.63, 3.8) is 0 Å². The number of benzene rings is 2. The zero-order valence-electron chi connectivity index (χ0n) is 12.6. The lowest BCUT2D eigenvalue weighted by atomic mass is 9.79. The number of hydrogen-bond donors (Lipinski definition) is 2. The molecule has 3 nitrogen and oxygen atoms in total. The fourth-order valence-electron chi connectivity index (χ4n) is 2.33. The smallest absolute Gasteiger partial charge is 0.423 e. The van der Waals surface area contributed by atoms with Crippen LogP contribution in [0.2, 0.25) is 0 Å². The molecule has 0 aliphatic rings. The highest BCUT2D eigenvalue weighted by atomic mass is 16.4. The van der Waals surface area contributed by atoms with Crippen molar-refractivity contribution in [2.75, 3.05) is 0 Å². The summed E-state index contributed by atoms with van der Waals surface area (Å²) < 4.78 is 0. The molecule has 0 atom stereocenters. The predicted octanol–water partition coefficient (Wildman–Crippen LogP) is 1.78. The van der Waals surface area contributed by atoms with E-state index in [1.54, 1.807) is 6.07 Å². The van der Waals surface area contributed by atoms with Crippen LogP contribution in [0.5, 0.6) is 0 Å². The van der Waals surface area contributed by atoms with E-state index in [4.69, 9.17) is 0 Å². The third-order valence-corrected chi connectivity index (χ3v) is 3.59.